The summed E-state index contributed by atoms with van der Waals surface area (Å²) in [7, 11) is 1.32. The molecular formula is C17H23N3O5. The van der Waals surface area contributed by atoms with Gasteiger partial charge in [0.15, 0.2) is 0 Å². The minimum Gasteiger partial charge on any atom is -0.465 e. The van der Waals surface area contributed by atoms with Crippen LogP contribution in [0.1, 0.15) is 10.4 Å². The van der Waals surface area contributed by atoms with Crippen molar-refractivity contribution in [2.75, 3.05) is 63.3 Å². The van der Waals surface area contributed by atoms with Crippen LogP contribution in [0.3, 0.4) is 0 Å². The van der Waals surface area contributed by atoms with Crippen LogP contribution >= 0.6 is 0 Å². The van der Waals surface area contributed by atoms with Gasteiger partial charge in [0.1, 0.15) is 6.10 Å². The zero-order valence-corrected chi connectivity index (χ0v) is 14.2. The van der Waals surface area contributed by atoms with Gasteiger partial charge in [0, 0.05) is 31.9 Å². The van der Waals surface area contributed by atoms with Gasteiger partial charge >= 0.3 is 5.97 Å². The van der Waals surface area contributed by atoms with E-state index < -0.39 is 12.1 Å². The van der Waals surface area contributed by atoms with Crippen molar-refractivity contribution < 1.29 is 23.8 Å². The van der Waals surface area contributed by atoms with Crippen molar-refractivity contribution in [3.63, 3.8) is 0 Å². The van der Waals surface area contributed by atoms with Crippen molar-refractivity contribution in [3.05, 3.63) is 23.8 Å². The van der Waals surface area contributed by atoms with Gasteiger partial charge in [-0.1, -0.05) is 0 Å². The molecule has 0 aromatic heterocycles. The number of esters is 1. The Kier molecular flexibility index (Phi) is 5.85. The highest BCUT2D eigenvalue weighted by atomic mass is 16.5. The SMILES string of the molecule is COC(=O)c1cc(N2CCOCC2)ccc1NC(=O)C1CNCCO1. The van der Waals surface area contributed by atoms with Gasteiger partial charge in [-0.2, -0.15) is 0 Å². The van der Waals surface area contributed by atoms with Crippen molar-refractivity contribution in [2.24, 2.45) is 0 Å². The third-order valence-corrected chi connectivity index (χ3v) is 4.26. The highest BCUT2D eigenvalue weighted by molar-refractivity contribution is 6.03. The molecule has 0 radical (unpaired) electrons. The number of methoxy groups -OCH3 is 1. The van der Waals surface area contributed by atoms with Gasteiger partial charge in [-0.05, 0) is 18.2 Å². The summed E-state index contributed by atoms with van der Waals surface area (Å²) in [4.78, 5) is 26.7. The Balaban J connectivity index is 1.79. The minimum absolute atomic E-state index is 0.281. The summed E-state index contributed by atoms with van der Waals surface area (Å²) < 4.78 is 15.7. The first-order valence-corrected chi connectivity index (χ1v) is 8.37. The van der Waals surface area contributed by atoms with E-state index in [1.807, 2.05) is 6.07 Å². The van der Waals surface area contributed by atoms with Gasteiger partial charge in [-0.3, -0.25) is 4.79 Å². The highest BCUT2D eigenvalue weighted by Gasteiger charge is 2.24. The number of benzene rings is 1. The Bertz CT molecular complexity index is 625. The number of ether oxygens (including phenoxy) is 3. The van der Waals surface area contributed by atoms with Crippen LogP contribution in [0.2, 0.25) is 0 Å². The lowest BCUT2D eigenvalue weighted by atomic mass is 10.1. The predicted octanol–water partition coefficient (Wildman–Crippen LogP) is 0.237. The molecule has 0 aliphatic carbocycles. The summed E-state index contributed by atoms with van der Waals surface area (Å²) >= 11 is 0. The van der Waals surface area contributed by atoms with Crippen molar-refractivity contribution in [3.8, 4) is 0 Å². The van der Waals surface area contributed by atoms with Gasteiger partial charge < -0.3 is 29.7 Å². The molecule has 3 rings (SSSR count). The number of amides is 1. The molecule has 2 fully saturated rings. The van der Waals surface area contributed by atoms with Crippen LogP contribution in [0.5, 0.6) is 0 Å². The molecule has 2 saturated heterocycles. The van der Waals surface area contributed by atoms with E-state index in [9.17, 15) is 9.59 Å². The fourth-order valence-corrected chi connectivity index (χ4v) is 2.89. The fraction of sp³-hybridized carbons (Fsp3) is 0.529. The average Bonchev–Trinajstić information content (AvgIpc) is 2.69. The van der Waals surface area contributed by atoms with Crippen LogP contribution in [0.25, 0.3) is 0 Å². The van der Waals surface area contributed by atoms with E-state index in [1.54, 1.807) is 12.1 Å². The van der Waals surface area contributed by atoms with Gasteiger partial charge in [-0.25, -0.2) is 4.79 Å². The number of nitrogens with one attached hydrogen (secondary N) is 2. The Morgan fingerprint density at radius 3 is 2.76 bits per heavy atom. The second-order valence-corrected chi connectivity index (χ2v) is 5.87. The predicted molar refractivity (Wildman–Crippen MR) is 92.1 cm³/mol. The lowest BCUT2D eigenvalue weighted by Crippen LogP contribution is -2.45. The van der Waals surface area contributed by atoms with Gasteiger partial charge in [-0.15, -0.1) is 0 Å². The first kappa shape index (κ1) is 17.7. The van der Waals surface area contributed by atoms with Crippen molar-refractivity contribution in [1.82, 2.24) is 5.32 Å². The number of hydrogen-bond acceptors (Lipinski definition) is 7. The van der Waals surface area contributed by atoms with Crippen LogP contribution in [0, 0.1) is 0 Å². The molecule has 1 unspecified atom stereocenters. The lowest BCUT2D eigenvalue weighted by Gasteiger charge is -2.29. The number of morpholine rings is 2. The minimum atomic E-state index is -0.571. The van der Waals surface area contributed by atoms with Gasteiger partial charge in [0.25, 0.3) is 5.91 Å². The summed E-state index contributed by atoms with van der Waals surface area (Å²) in [5.74, 6) is -0.774. The van der Waals surface area contributed by atoms with E-state index in [0.29, 0.717) is 37.6 Å². The van der Waals surface area contributed by atoms with Crippen molar-refractivity contribution in [2.45, 2.75) is 6.10 Å². The molecule has 2 aliphatic rings. The maximum absolute atomic E-state index is 12.4. The summed E-state index contributed by atoms with van der Waals surface area (Å²) in [6, 6.07) is 5.35. The highest BCUT2D eigenvalue weighted by Crippen LogP contribution is 2.25. The monoisotopic (exact) mass is 349 g/mol. The van der Waals surface area contributed by atoms with Crippen LogP contribution in [0.4, 0.5) is 11.4 Å². The Morgan fingerprint density at radius 2 is 2.08 bits per heavy atom. The largest absolute Gasteiger partial charge is 0.465 e. The quantitative estimate of drug-likeness (QED) is 0.753. The zero-order chi connectivity index (χ0) is 17.6. The molecule has 1 atom stereocenters. The molecule has 8 heteroatoms. The third-order valence-electron chi connectivity index (χ3n) is 4.26. The topological polar surface area (TPSA) is 89.1 Å². The van der Waals surface area contributed by atoms with Crippen LogP contribution < -0.4 is 15.5 Å². The Morgan fingerprint density at radius 1 is 1.28 bits per heavy atom. The zero-order valence-electron chi connectivity index (χ0n) is 14.2. The van der Waals surface area contributed by atoms with E-state index in [2.05, 4.69) is 15.5 Å². The standard InChI is InChI=1S/C17H23N3O5/c1-23-17(22)13-10-12(20-5-8-24-9-6-20)2-3-14(13)19-16(21)15-11-18-4-7-25-15/h2-3,10,15,18H,4-9,11H2,1H3,(H,19,21). The van der Waals surface area contributed by atoms with E-state index in [4.69, 9.17) is 14.2 Å². The second kappa shape index (κ2) is 8.28. The normalized spacial score (nSPS) is 20.8. The molecule has 1 aromatic carbocycles. The van der Waals surface area contributed by atoms with Crippen molar-refractivity contribution in [1.29, 1.82) is 0 Å². The Hall–Kier alpha value is -2.16. The first-order valence-electron chi connectivity index (χ1n) is 8.37. The number of carbonyl (C=O) groups excluding carboxylic acids is 2. The van der Waals surface area contributed by atoms with E-state index >= 15 is 0 Å². The molecule has 0 saturated carbocycles. The number of nitrogens with zero attached hydrogens (tertiary/aromatic N) is 1. The average molecular weight is 349 g/mol. The number of hydrogen-bond donors (Lipinski definition) is 2. The maximum atomic E-state index is 12.4. The molecule has 2 N–H and O–H groups in total. The number of anilines is 2. The summed E-state index contributed by atoms with van der Waals surface area (Å²) in [5.41, 5.74) is 1.64. The van der Waals surface area contributed by atoms with Gasteiger partial charge in [0.2, 0.25) is 0 Å². The summed E-state index contributed by atoms with van der Waals surface area (Å²) in [5, 5.41) is 5.88. The van der Waals surface area contributed by atoms with Crippen molar-refractivity contribution >= 4 is 23.3 Å². The molecule has 2 heterocycles. The molecule has 1 aromatic rings. The van der Waals surface area contributed by atoms with Crippen LogP contribution in [-0.2, 0) is 19.0 Å². The van der Waals surface area contributed by atoms with E-state index in [1.165, 1.54) is 7.11 Å². The molecule has 0 spiro atoms. The van der Waals surface area contributed by atoms with Crippen LogP contribution in [0.15, 0.2) is 18.2 Å². The van der Waals surface area contributed by atoms with Gasteiger partial charge in [0.05, 0.1) is 38.2 Å². The second-order valence-electron chi connectivity index (χ2n) is 5.87. The summed E-state index contributed by atoms with van der Waals surface area (Å²) in [6.07, 6.45) is -0.571. The Labute approximate surface area is 146 Å². The molecule has 25 heavy (non-hydrogen) atoms. The molecule has 0 bridgehead atoms. The first-order chi connectivity index (χ1) is 12.2. The lowest BCUT2D eigenvalue weighted by molar-refractivity contribution is -0.128. The molecular weight excluding hydrogens is 326 g/mol. The smallest absolute Gasteiger partial charge is 0.340 e. The maximum Gasteiger partial charge on any atom is 0.340 e. The van der Waals surface area contributed by atoms with E-state index in [-0.39, 0.29) is 5.91 Å². The number of rotatable bonds is 4. The fourth-order valence-electron chi connectivity index (χ4n) is 2.89. The molecule has 136 valence electrons. The summed E-state index contributed by atoms with van der Waals surface area (Å²) in [6.45, 7) is 4.48. The number of carbonyl (C=O) groups is 2. The molecule has 2 aliphatic heterocycles. The van der Waals surface area contributed by atoms with E-state index in [0.717, 1.165) is 25.3 Å². The van der Waals surface area contributed by atoms with Crippen LogP contribution in [-0.4, -0.2) is 71.1 Å². The third kappa shape index (κ3) is 4.28. The molecule has 1 amide bonds. The molecule has 8 nitrogen and oxygen atoms in total.